The van der Waals surface area contributed by atoms with Crippen molar-refractivity contribution in [3.8, 4) is 17.1 Å². The van der Waals surface area contributed by atoms with Crippen molar-refractivity contribution < 1.29 is 8.76 Å². The van der Waals surface area contributed by atoms with Crippen molar-refractivity contribution in [2.45, 2.75) is 25.7 Å². The molecule has 1 saturated carbocycles. The smallest absolute Gasteiger partial charge is 0.245 e. The average molecular weight is 561 g/mol. The normalized spacial score (nSPS) is 18.7. The van der Waals surface area contributed by atoms with Crippen molar-refractivity contribution in [2.24, 2.45) is 11.8 Å². The Bertz CT molecular complexity index is 1390. The number of imidazole rings is 1. The Morgan fingerprint density at radius 2 is 1.68 bits per heavy atom. The first-order valence-electron chi connectivity index (χ1n) is 12.1. The van der Waals surface area contributed by atoms with Crippen molar-refractivity contribution in [3.63, 3.8) is 0 Å². The Labute approximate surface area is 227 Å². The van der Waals surface area contributed by atoms with Crippen molar-refractivity contribution in [1.29, 1.82) is 0 Å². The van der Waals surface area contributed by atoms with E-state index >= 15 is 0 Å². The Hall–Kier alpha value is -2.60. The number of hydrogen-bond donors (Lipinski definition) is 4. The molecule has 0 spiro atoms. The zero-order valence-electron chi connectivity index (χ0n) is 19.9. The van der Waals surface area contributed by atoms with E-state index in [4.69, 9.17) is 32.7 Å². The van der Waals surface area contributed by atoms with Crippen LogP contribution in [0.15, 0.2) is 54.9 Å². The highest BCUT2D eigenvalue weighted by atomic mass is 35.5. The van der Waals surface area contributed by atoms with Gasteiger partial charge in [-0.2, -0.15) is 4.83 Å². The lowest BCUT2D eigenvalue weighted by molar-refractivity contribution is 0.273. The molecule has 4 aromatic rings. The number of fused-ring (bicyclic) bond motifs is 1. The van der Waals surface area contributed by atoms with Crippen LogP contribution >= 0.6 is 23.2 Å². The Kier molecular flexibility index (Phi) is 8.33. The number of aromatic nitrogens is 4. The molecule has 12 heteroatoms. The van der Waals surface area contributed by atoms with Gasteiger partial charge in [0.15, 0.2) is 17.0 Å². The van der Waals surface area contributed by atoms with Gasteiger partial charge in [0, 0.05) is 29.4 Å². The van der Waals surface area contributed by atoms with Crippen LogP contribution in [0.25, 0.3) is 28.2 Å². The molecule has 194 valence electrons. The van der Waals surface area contributed by atoms with E-state index in [1.54, 1.807) is 6.33 Å². The summed E-state index contributed by atoms with van der Waals surface area (Å²) in [7, 11) is 0. The minimum Gasteiger partial charge on any atom is -0.368 e. The van der Waals surface area contributed by atoms with Gasteiger partial charge in [-0.15, -0.1) is 0 Å². The van der Waals surface area contributed by atoms with E-state index in [0.717, 1.165) is 43.5 Å². The summed E-state index contributed by atoms with van der Waals surface area (Å²) in [4.78, 5) is 16.4. The minimum absolute atomic E-state index is 0.478. The van der Waals surface area contributed by atoms with E-state index in [0.29, 0.717) is 51.2 Å². The zero-order chi connectivity index (χ0) is 25.8. The van der Waals surface area contributed by atoms with E-state index in [-0.39, 0.29) is 0 Å². The van der Waals surface area contributed by atoms with E-state index in [2.05, 4.69) is 25.5 Å². The number of hydrogen-bond acceptors (Lipinski definition) is 6. The number of halogens is 2. The molecule has 0 aliphatic heterocycles. The number of benzene rings is 2. The molecule has 0 bridgehead atoms. The van der Waals surface area contributed by atoms with Crippen molar-refractivity contribution in [3.05, 3.63) is 64.9 Å². The summed E-state index contributed by atoms with van der Waals surface area (Å²) in [6.07, 6.45) is 5.80. The quantitative estimate of drug-likeness (QED) is 0.163. The number of nitrogens with zero attached hydrogens (tertiary/aromatic N) is 4. The highest BCUT2D eigenvalue weighted by Gasteiger charge is 2.23. The summed E-state index contributed by atoms with van der Waals surface area (Å²) >= 11 is 10.7. The monoisotopic (exact) mass is 559 g/mol. The van der Waals surface area contributed by atoms with Gasteiger partial charge in [0.25, 0.3) is 0 Å². The average Bonchev–Trinajstić information content (AvgIpc) is 3.29. The Morgan fingerprint density at radius 3 is 2.38 bits per heavy atom. The maximum atomic E-state index is 10.7. The third-order valence-corrected chi connectivity index (χ3v) is 7.62. The van der Waals surface area contributed by atoms with Crippen LogP contribution in [0.5, 0.6) is 0 Å². The molecule has 4 N–H and O–H groups in total. The van der Waals surface area contributed by atoms with Crippen LogP contribution in [0, 0.1) is 11.8 Å². The van der Waals surface area contributed by atoms with E-state index in [1.807, 2.05) is 53.1 Å². The summed E-state index contributed by atoms with van der Waals surface area (Å²) in [5.41, 5.74) is 5.86. The molecule has 37 heavy (non-hydrogen) atoms. The molecule has 2 heterocycles. The first-order chi connectivity index (χ1) is 18.0. The molecule has 0 saturated heterocycles. The van der Waals surface area contributed by atoms with Crippen LogP contribution in [-0.4, -0.2) is 41.4 Å². The Morgan fingerprint density at radius 1 is 0.973 bits per heavy atom. The second-order valence-electron chi connectivity index (χ2n) is 9.12. The van der Waals surface area contributed by atoms with Gasteiger partial charge in [-0.05, 0) is 73.9 Å². The lowest BCUT2D eigenvalue weighted by Gasteiger charge is -2.28. The summed E-state index contributed by atoms with van der Waals surface area (Å²) in [5.74, 6) is 2.34. The number of rotatable bonds is 9. The molecule has 2 aromatic heterocycles. The molecule has 0 radical (unpaired) electrons. The standard InChI is InChI=1S/C25H27Cl2N7O2S/c26-18-9-11-19(12-10-18)34-24(20-3-1-2-4-21(20)27)32-22-23(29-15-30-25(22)34)28-13-16-5-7-17(8-6-16)14-31-33-37(35)36/h1-4,9-12,15-17,31,33H,5-8,13-14H2,(H,35,36)(H,28,29,30). The molecule has 9 nitrogen and oxygen atoms in total. The van der Waals surface area contributed by atoms with Crippen molar-refractivity contribution >= 4 is 51.5 Å². The number of hydrazine groups is 1. The molecule has 0 amide bonds. The number of anilines is 1. The molecule has 2 aromatic carbocycles. The van der Waals surface area contributed by atoms with Gasteiger partial charge in [-0.1, -0.05) is 35.3 Å². The fourth-order valence-electron chi connectivity index (χ4n) is 4.81. The van der Waals surface area contributed by atoms with Crippen LogP contribution in [-0.2, 0) is 11.3 Å². The maximum absolute atomic E-state index is 10.7. The molecule has 1 aliphatic rings. The fraction of sp³-hybridized carbons (Fsp3) is 0.320. The first kappa shape index (κ1) is 26.0. The van der Waals surface area contributed by atoms with Crippen LogP contribution in [0.4, 0.5) is 5.82 Å². The van der Waals surface area contributed by atoms with Crippen LogP contribution in [0.1, 0.15) is 25.7 Å². The highest BCUT2D eigenvalue weighted by Crippen LogP contribution is 2.34. The highest BCUT2D eigenvalue weighted by molar-refractivity contribution is 7.77. The molecular weight excluding hydrogens is 533 g/mol. The van der Waals surface area contributed by atoms with Gasteiger partial charge >= 0.3 is 0 Å². The fourth-order valence-corrected chi connectivity index (χ4v) is 5.36. The molecule has 1 fully saturated rings. The third-order valence-electron chi connectivity index (χ3n) is 6.72. The largest absolute Gasteiger partial charge is 0.368 e. The predicted molar refractivity (Wildman–Crippen MR) is 148 cm³/mol. The van der Waals surface area contributed by atoms with E-state index in [9.17, 15) is 4.21 Å². The maximum Gasteiger partial charge on any atom is 0.245 e. The van der Waals surface area contributed by atoms with Gasteiger partial charge in [0.2, 0.25) is 11.3 Å². The SMILES string of the molecule is O=S(O)NNCC1CCC(CNc2ncnc3c2nc(-c2ccccc2Cl)n3-c2ccc(Cl)cc2)CC1. The minimum atomic E-state index is -2.04. The number of nitrogens with one attached hydrogen (secondary N) is 3. The summed E-state index contributed by atoms with van der Waals surface area (Å²) < 4.78 is 21.5. The zero-order valence-corrected chi connectivity index (χ0v) is 22.2. The van der Waals surface area contributed by atoms with Gasteiger partial charge in [-0.25, -0.2) is 24.6 Å². The molecule has 5 rings (SSSR count). The lowest BCUT2D eigenvalue weighted by Crippen LogP contribution is -2.38. The predicted octanol–water partition coefficient (Wildman–Crippen LogP) is 5.24. The van der Waals surface area contributed by atoms with Crippen LogP contribution < -0.4 is 15.6 Å². The summed E-state index contributed by atoms with van der Waals surface area (Å²) in [6, 6.07) is 15.1. The summed E-state index contributed by atoms with van der Waals surface area (Å²) in [5, 5.41) is 4.76. The van der Waals surface area contributed by atoms with Gasteiger partial charge in [-0.3, -0.25) is 9.12 Å². The second kappa shape index (κ2) is 11.8. The van der Waals surface area contributed by atoms with Gasteiger partial charge in [0.1, 0.15) is 12.2 Å². The van der Waals surface area contributed by atoms with Crippen molar-refractivity contribution in [2.75, 3.05) is 18.4 Å². The second-order valence-corrected chi connectivity index (χ2v) is 10.7. The van der Waals surface area contributed by atoms with Crippen molar-refractivity contribution in [1.82, 2.24) is 29.8 Å². The molecular formula is C25H27Cl2N7O2S. The molecule has 1 unspecified atom stereocenters. The molecule has 1 atom stereocenters. The van der Waals surface area contributed by atoms with E-state index in [1.165, 1.54) is 0 Å². The Balaban J connectivity index is 1.38. The third kappa shape index (κ3) is 6.11. The molecule has 1 aliphatic carbocycles. The van der Waals surface area contributed by atoms with Crippen LogP contribution in [0.2, 0.25) is 10.0 Å². The first-order valence-corrected chi connectivity index (χ1v) is 13.9. The summed E-state index contributed by atoms with van der Waals surface area (Å²) in [6.45, 7) is 1.45. The van der Waals surface area contributed by atoms with Gasteiger partial charge in [0.05, 0.1) is 5.02 Å². The topological polar surface area (TPSA) is 117 Å². The van der Waals surface area contributed by atoms with Crippen LogP contribution in [0.3, 0.4) is 0 Å². The lowest BCUT2D eigenvalue weighted by atomic mass is 9.82. The van der Waals surface area contributed by atoms with E-state index < -0.39 is 11.3 Å². The van der Waals surface area contributed by atoms with Gasteiger partial charge < -0.3 is 5.32 Å².